The molecule has 1 aliphatic rings. The summed E-state index contributed by atoms with van der Waals surface area (Å²) in [4.78, 5) is 23.4. The van der Waals surface area contributed by atoms with Crippen LogP contribution in [0.2, 0.25) is 0 Å². The van der Waals surface area contributed by atoms with E-state index in [4.69, 9.17) is 23.7 Å². The highest BCUT2D eigenvalue weighted by atomic mass is 16.7. The minimum atomic E-state index is -0.460. The number of carbonyl (C=O) groups is 1. The first-order chi connectivity index (χ1) is 17.5. The van der Waals surface area contributed by atoms with Gasteiger partial charge in [-0.05, 0) is 55.0 Å². The number of nitro benzene ring substituents is 1. The van der Waals surface area contributed by atoms with Crippen molar-refractivity contribution in [3.63, 3.8) is 0 Å². The van der Waals surface area contributed by atoms with Gasteiger partial charge in [0.2, 0.25) is 0 Å². The van der Waals surface area contributed by atoms with E-state index in [1.54, 1.807) is 55.7 Å². The minimum Gasteiger partial charge on any atom is -0.497 e. The first kappa shape index (κ1) is 24.7. The summed E-state index contributed by atoms with van der Waals surface area (Å²) in [5.41, 5.74) is 2.37. The second-order valence-electron chi connectivity index (χ2n) is 7.81. The summed E-state index contributed by atoms with van der Waals surface area (Å²) in [6.45, 7) is 2.59. The molecule has 4 rings (SSSR count). The van der Waals surface area contributed by atoms with Gasteiger partial charge in [0.1, 0.15) is 18.1 Å². The molecule has 0 fully saturated rings. The maximum atomic E-state index is 12.5. The highest BCUT2D eigenvalue weighted by Gasteiger charge is 2.21. The topological polar surface area (TPSA) is 106 Å². The summed E-state index contributed by atoms with van der Waals surface area (Å²) < 4.78 is 27.7. The number of hydrogen-bond acceptors (Lipinski definition) is 8. The molecule has 1 aliphatic heterocycles. The predicted octanol–water partition coefficient (Wildman–Crippen LogP) is 5.34. The number of carbonyl (C=O) groups excluding carboxylic acids is 1. The fourth-order valence-corrected chi connectivity index (χ4v) is 3.69. The Kier molecular flexibility index (Phi) is 7.82. The average molecular weight is 491 g/mol. The van der Waals surface area contributed by atoms with Crippen molar-refractivity contribution >= 4 is 17.5 Å². The summed E-state index contributed by atoms with van der Waals surface area (Å²) in [6, 6.07) is 15.1. The molecule has 0 atom stereocenters. The molecule has 9 heteroatoms. The van der Waals surface area contributed by atoms with Gasteiger partial charge in [-0.2, -0.15) is 0 Å². The van der Waals surface area contributed by atoms with Gasteiger partial charge in [0.15, 0.2) is 24.1 Å². The number of nitro groups is 1. The monoisotopic (exact) mass is 491 g/mol. The number of ketones is 1. The molecule has 3 aromatic rings. The maximum absolute atomic E-state index is 12.5. The summed E-state index contributed by atoms with van der Waals surface area (Å²) in [5, 5.41) is 11.3. The number of ether oxygens (including phenoxy) is 5. The molecule has 186 valence electrons. The van der Waals surface area contributed by atoms with E-state index in [9.17, 15) is 14.9 Å². The van der Waals surface area contributed by atoms with Crippen molar-refractivity contribution in [2.75, 3.05) is 20.5 Å². The zero-order chi connectivity index (χ0) is 25.5. The fourth-order valence-electron chi connectivity index (χ4n) is 3.69. The van der Waals surface area contributed by atoms with Gasteiger partial charge in [0, 0.05) is 28.8 Å². The van der Waals surface area contributed by atoms with Gasteiger partial charge in [0.25, 0.3) is 5.69 Å². The van der Waals surface area contributed by atoms with E-state index >= 15 is 0 Å². The van der Waals surface area contributed by atoms with E-state index in [0.29, 0.717) is 46.3 Å². The number of non-ortho nitro benzene ring substituents is 1. The van der Waals surface area contributed by atoms with Crippen LogP contribution in [-0.2, 0) is 18.0 Å². The van der Waals surface area contributed by atoms with E-state index in [1.807, 2.05) is 6.92 Å². The van der Waals surface area contributed by atoms with Crippen molar-refractivity contribution in [2.45, 2.75) is 20.1 Å². The first-order valence-corrected chi connectivity index (χ1v) is 11.2. The van der Waals surface area contributed by atoms with Crippen LogP contribution < -0.4 is 18.9 Å². The molecule has 0 bridgehead atoms. The van der Waals surface area contributed by atoms with E-state index < -0.39 is 4.92 Å². The maximum Gasteiger partial charge on any atom is 0.270 e. The first-order valence-electron chi connectivity index (χ1n) is 11.2. The Morgan fingerprint density at radius 1 is 1.08 bits per heavy atom. The number of fused-ring (bicyclic) bond motifs is 1. The molecule has 0 radical (unpaired) electrons. The van der Waals surface area contributed by atoms with Crippen LogP contribution in [-0.4, -0.2) is 31.2 Å². The lowest BCUT2D eigenvalue weighted by atomic mass is 10.1. The summed E-state index contributed by atoms with van der Waals surface area (Å²) >= 11 is 0. The van der Waals surface area contributed by atoms with Crippen molar-refractivity contribution in [3.05, 3.63) is 93.0 Å². The van der Waals surface area contributed by atoms with Gasteiger partial charge >= 0.3 is 0 Å². The van der Waals surface area contributed by atoms with Crippen LogP contribution in [0.5, 0.6) is 23.0 Å². The van der Waals surface area contributed by atoms with Crippen molar-refractivity contribution < 1.29 is 33.4 Å². The molecular formula is C27H25NO8. The lowest BCUT2D eigenvalue weighted by molar-refractivity contribution is -0.385. The Morgan fingerprint density at radius 2 is 1.89 bits per heavy atom. The average Bonchev–Trinajstić information content (AvgIpc) is 2.91. The van der Waals surface area contributed by atoms with Crippen LogP contribution in [0.4, 0.5) is 5.69 Å². The van der Waals surface area contributed by atoms with Crippen molar-refractivity contribution in [3.8, 4) is 23.0 Å². The lowest BCUT2D eigenvalue weighted by Gasteiger charge is -2.21. The van der Waals surface area contributed by atoms with Gasteiger partial charge < -0.3 is 23.7 Å². The Morgan fingerprint density at radius 3 is 2.61 bits per heavy atom. The van der Waals surface area contributed by atoms with Crippen LogP contribution >= 0.6 is 0 Å². The van der Waals surface area contributed by atoms with Crippen LogP contribution in [0, 0.1) is 10.1 Å². The fraction of sp³-hybridized carbons (Fsp3) is 0.222. The summed E-state index contributed by atoms with van der Waals surface area (Å²) in [7, 11) is 1.57. The normalized spacial score (nSPS) is 12.5. The Hall–Kier alpha value is -4.37. The third-order valence-electron chi connectivity index (χ3n) is 5.43. The second-order valence-corrected chi connectivity index (χ2v) is 7.81. The van der Waals surface area contributed by atoms with Crippen LogP contribution in [0.15, 0.2) is 60.7 Å². The molecule has 0 spiro atoms. The largest absolute Gasteiger partial charge is 0.497 e. The van der Waals surface area contributed by atoms with E-state index in [-0.39, 0.29) is 31.5 Å². The van der Waals surface area contributed by atoms with Gasteiger partial charge in [0.05, 0.1) is 25.2 Å². The number of rotatable bonds is 10. The molecule has 0 N–H and O–H groups in total. The van der Waals surface area contributed by atoms with Crippen molar-refractivity contribution in [2.24, 2.45) is 0 Å². The third-order valence-corrected chi connectivity index (χ3v) is 5.43. The third kappa shape index (κ3) is 5.81. The molecule has 0 aromatic heterocycles. The van der Waals surface area contributed by atoms with Gasteiger partial charge in [-0.3, -0.25) is 14.9 Å². The molecule has 9 nitrogen and oxygen atoms in total. The van der Waals surface area contributed by atoms with Crippen LogP contribution in [0.25, 0.3) is 6.08 Å². The highest BCUT2D eigenvalue weighted by molar-refractivity contribution is 6.06. The Labute approximate surface area is 208 Å². The molecule has 0 aliphatic carbocycles. The second kappa shape index (κ2) is 11.4. The molecular weight excluding hydrogens is 466 g/mol. The van der Waals surface area contributed by atoms with Gasteiger partial charge in [-0.15, -0.1) is 0 Å². The van der Waals surface area contributed by atoms with E-state index in [2.05, 4.69) is 0 Å². The predicted molar refractivity (Wildman–Crippen MR) is 132 cm³/mol. The molecule has 0 saturated heterocycles. The SMILES string of the molecule is CCOc1cc(C=CC(=O)c2ccc(OC)cc2)ccc1OCc1cc([N+](=O)[O-])cc2c1OCOC2. The van der Waals surface area contributed by atoms with Crippen molar-refractivity contribution in [1.29, 1.82) is 0 Å². The molecule has 3 aromatic carbocycles. The summed E-state index contributed by atoms with van der Waals surface area (Å²) in [5.74, 6) is 2.01. The standard InChI is InChI=1S/C27H25NO8/c1-3-34-26-12-18(4-10-24(29)19-6-8-23(32-2)9-7-19)5-11-25(26)35-16-21-14-22(28(30)31)13-20-15-33-17-36-27(20)21/h4-14H,3,15-17H2,1-2H3. The number of benzene rings is 3. The molecule has 0 saturated carbocycles. The number of nitrogens with zero attached hydrogens (tertiary/aromatic N) is 1. The zero-order valence-corrected chi connectivity index (χ0v) is 19.9. The van der Waals surface area contributed by atoms with Crippen molar-refractivity contribution in [1.82, 2.24) is 0 Å². The molecule has 0 unspecified atom stereocenters. The van der Waals surface area contributed by atoms with E-state index in [1.165, 1.54) is 18.2 Å². The van der Waals surface area contributed by atoms with Crippen LogP contribution in [0.3, 0.4) is 0 Å². The highest BCUT2D eigenvalue weighted by Crippen LogP contribution is 2.35. The van der Waals surface area contributed by atoms with Crippen LogP contribution in [0.1, 0.15) is 34.0 Å². The molecule has 0 amide bonds. The van der Waals surface area contributed by atoms with Gasteiger partial charge in [-0.25, -0.2) is 0 Å². The molecule has 36 heavy (non-hydrogen) atoms. The number of allylic oxidation sites excluding steroid dienone is 1. The zero-order valence-electron chi connectivity index (χ0n) is 19.9. The quantitative estimate of drug-likeness (QED) is 0.162. The number of methoxy groups -OCH3 is 1. The summed E-state index contributed by atoms with van der Waals surface area (Å²) in [6.07, 6.45) is 3.19. The minimum absolute atomic E-state index is 0.0369. The number of hydrogen-bond donors (Lipinski definition) is 0. The lowest BCUT2D eigenvalue weighted by Crippen LogP contribution is -2.14. The Balaban J connectivity index is 1.51. The molecule has 1 heterocycles. The van der Waals surface area contributed by atoms with Gasteiger partial charge in [-0.1, -0.05) is 12.1 Å². The Bertz CT molecular complexity index is 1280. The smallest absolute Gasteiger partial charge is 0.270 e. The van der Waals surface area contributed by atoms with E-state index in [0.717, 1.165) is 5.56 Å².